The Hall–Kier alpha value is -0.790. The van der Waals surface area contributed by atoms with Crippen LogP contribution in [0.15, 0.2) is 28.7 Å². The second kappa shape index (κ2) is 4.40. The maximum absolute atomic E-state index is 13.2. The summed E-state index contributed by atoms with van der Waals surface area (Å²) in [4.78, 5) is 4.08. The lowest BCUT2D eigenvalue weighted by Crippen LogP contribution is -2.39. The molecule has 0 spiro atoms. The molecule has 0 fully saturated rings. The Balaban J connectivity index is 2.48. The van der Waals surface area contributed by atoms with E-state index in [1.54, 1.807) is 13.0 Å². The van der Waals surface area contributed by atoms with Crippen molar-refractivity contribution in [1.82, 2.24) is 4.98 Å². The SMILES string of the molecule is Cc1oc(C2C=CC=CC2(C)C(F)(F)F)nc1I. The quantitative estimate of drug-likeness (QED) is 0.688. The molecule has 0 amide bonds. The summed E-state index contributed by atoms with van der Waals surface area (Å²) in [7, 11) is 0. The van der Waals surface area contributed by atoms with Gasteiger partial charge in [0.15, 0.2) is 0 Å². The van der Waals surface area contributed by atoms with Crippen molar-refractivity contribution in [2.24, 2.45) is 5.41 Å². The molecule has 2 rings (SSSR count). The van der Waals surface area contributed by atoms with Gasteiger partial charge in [0, 0.05) is 0 Å². The highest BCUT2D eigenvalue weighted by molar-refractivity contribution is 14.1. The van der Waals surface area contributed by atoms with Crippen LogP contribution >= 0.6 is 22.6 Å². The molecule has 2 unspecified atom stereocenters. The van der Waals surface area contributed by atoms with Crippen molar-refractivity contribution in [3.05, 3.63) is 39.7 Å². The fraction of sp³-hybridized carbons (Fsp3) is 0.417. The molecule has 0 N–H and O–H groups in total. The van der Waals surface area contributed by atoms with Crippen molar-refractivity contribution >= 4 is 22.6 Å². The molecule has 1 aromatic heterocycles. The fourth-order valence-electron chi connectivity index (χ4n) is 1.87. The smallest absolute Gasteiger partial charge is 0.398 e. The molecule has 0 bridgehead atoms. The molecule has 0 radical (unpaired) electrons. The Labute approximate surface area is 116 Å². The van der Waals surface area contributed by atoms with Gasteiger partial charge < -0.3 is 4.42 Å². The van der Waals surface area contributed by atoms with Crippen LogP contribution in [0.2, 0.25) is 0 Å². The first-order valence-corrected chi connectivity index (χ1v) is 6.39. The molecule has 0 saturated heterocycles. The number of hydrogen-bond donors (Lipinski definition) is 0. The number of aromatic nitrogens is 1. The van der Waals surface area contributed by atoms with Gasteiger partial charge in [0.2, 0.25) is 5.89 Å². The van der Waals surface area contributed by atoms with Gasteiger partial charge in [-0.1, -0.05) is 24.3 Å². The van der Waals surface area contributed by atoms with Crippen molar-refractivity contribution in [2.45, 2.75) is 25.9 Å². The number of alkyl halides is 3. The highest BCUT2D eigenvalue weighted by Gasteiger charge is 2.55. The molecule has 0 aliphatic heterocycles. The minimum Gasteiger partial charge on any atom is -0.444 e. The molecule has 6 heteroatoms. The summed E-state index contributed by atoms with van der Waals surface area (Å²) < 4.78 is 45.6. The molecule has 98 valence electrons. The molecular formula is C12H11F3INO. The van der Waals surface area contributed by atoms with Crippen LogP contribution < -0.4 is 0 Å². The predicted molar refractivity (Wildman–Crippen MR) is 69.1 cm³/mol. The number of oxazole rings is 1. The van der Waals surface area contributed by atoms with Crippen molar-refractivity contribution in [2.75, 3.05) is 0 Å². The zero-order chi connectivity index (χ0) is 13.6. The average Bonchev–Trinajstić information content (AvgIpc) is 2.58. The lowest BCUT2D eigenvalue weighted by molar-refractivity contribution is -0.205. The minimum atomic E-state index is -4.35. The summed E-state index contributed by atoms with van der Waals surface area (Å²) in [6.07, 6.45) is 1.28. The van der Waals surface area contributed by atoms with Crippen LogP contribution in [0.5, 0.6) is 0 Å². The monoisotopic (exact) mass is 369 g/mol. The largest absolute Gasteiger partial charge is 0.444 e. The van der Waals surface area contributed by atoms with E-state index in [1.807, 2.05) is 22.6 Å². The standard InChI is InChI=1S/C12H11F3INO/c1-7-9(16)17-10(18-7)8-5-3-4-6-11(8,2)12(13,14)15/h3-6,8H,1-2H3. The number of aryl methyl sites for hydroxylation is 1. The van der Waals surface area contributed by atoms with Gasteiger partial charge in [-0.25, -0.2) is 4.98 Å². The summed E-state index contributed by atoms with van der Waals surface area (Å²) in [6.45, 7) is 2.84. The molecule has 2 atom stereocenters. The average molecular weight is 369 g/mol. The second-order valence-corrected chi connectivity index (χ2v) is 5.42. The third-order valence-corrected chi connectivity index (χ3v) is 4.14. The van der Waals surface area contributed by atoms with E-state index < -0.39 is 17.5 Å². The van der Waals surface area contributed by atoms with Gasteiger partial charge in [-0.05, 0) is 36.4 Å². The normalized spacial score (nSPS) is 27.8. The Morgan fingerprint density at radius 2 is 2.06 bits per heavy atom. The van der Waals surface area contributed by atoms with E-state index in [0.717, 1.165) is 13.0 Å². The van der Waals surface area contributed by atoms with Gasteiger partial charge in [-0.2, -0.15) is 13.2 Å². The fourth-order valence-corrected chi connectivity index (χ4v) is 2.22. The first kappa shape index (κ1) is 13.6. The highest BCUT2D eigenvalue weighted by atomic mass is 127. The maximum Gasteiger partial charge on any atom is 0.398 e. The highest BCUT2D eigenvalue weighted by Crippen LogP contribution is 2.51. The minimum absolute atomic E-state index is 0.109. The first-order valence-electron chi connectivity index (χ1n) is 5.31. The molecule has 2 nitrogen and oxygen atoms in total. The zero-order valence-corrected chi connectivity index (χ0v) is 11.9. The number of hydrogen-bond acceptors (Lipinski definition) is 2. The van der Waals surface area contributed by atoms with E-state index in [-0.39, 0.29) is 5.89 Å². The van der Waals surface area contributed by atoms with Crippen LogP contribution in [0.25, 0.3) is 0 Å². The molecule has 0 saturated carbocycles. The van der Waals surface area contributed by atoms with Gasteiger partial charge in [0.05, 0.1) is 11.3 Å². The van der Waals surface area contributed by atoms with Crippen LogP contribution in [0.4, 0.5) is 13.2 Å². The first-order chi connectivity index (χ1) is 8.25. The molecule has 1 heterocycles. The Bertz CT molecular complexity index is 498. The topological polar surface area (TPSA) is 26.0 Å². The van der Waals surface area contributed by atoms with Gasteiger partial charge in [0.1, 0.15) is 9.46 Å². The summed E-state index contributed by atoms with van der Waals surface area (Å²) in [5.41, 5.74) is -1.98. The lowest BCUT2D eigenvalue weighted by atomic mass is 9.73. The third-order valence-electron chi connectivity index (χ3n) is 3.14. The van der Waals surface area contributed by atoms with Gasteiger partial charge in [0.25, 0.3) is 0 Å². The van der Waals surface area contributed by atoms with Crippen molar-refractivity contribution in [1.29, 1.82) is 0 Å². The molecule has 1 aromatic rings. The van der Waals surface area contributed by atoms with Crippen molar-refractivity contribution in [3.8, 4) is 0 Å². The van der Waals surface area contributed by atoms with Crippen molar-refractivity contribution < 1.29 is 17.6 Å². The maximum atomic E-state index is 13.2. The second-order valence-electron chi connectivity index (χ2n) is 4.40. The van der Waals surface area contributed by atoms with E-state index in [1.165, 1.54) is 12.2 Å². The van der Waals surface area contributed by atoms with Crippen LogP contribution in [0.1, 0.15) is 24.5 Å². The molecule has 0 aromatic carbocycles. The lowest BCUT2D eigenvalue weighted by Gasteiger charge is -2.35. The molecule has 1 aliphatic rings. The van der Waals surface area contributed by atoms with Crippen molar-refractivity contribution in [3.63, 3.8) is 0 Å². The molecule has 18 heavy (non-hydrogen) atoms. The summed E-state index contributed by atoms with van der Waals surface area (Å²) in [5.74, 6) is -0.278. The van der Waals surface area contributed by atoms with Gasteiger partial charge in [-0.15, -0.1) is 0 Å². The van der Waals surface area contributed by atoms with E-state index in [0.29, 0.717) is 9.46 Å². The Morgan fingerprint density at radius 3 is 2.56 bits per heavy atom. The predicted octanol–water partition coefficient (Wildman–Crippen LogP) is 4.37. The van der Waals surface area contributed by atoms with E-state index in [2.05, 4.69) is 4.98 Å². The third kappa shape index (κ3) is 2.10. The van der Waals surface area contributed by atoms with Crippen LogP contribution in [-0.4, -0.2) is 11.2 Å². The number of nitrogens with zero attached hydrogens (tertiary/aromatic N) is 1. The molecular weight excluding hydrogens is 358 g/mol. The van der Waals surface area contributed by atoms with Crippen LogP contribution in [0, 0.1) is 16.0 Å². The van der Waals surface area contributed by atoms with Crippen LogP contribution in [0.3, 0.4) is 0 Å². The number of halogens is 4. The molecule has 1 aliphatic carbocycles. The van der Waals surface area contributed by atoms with E-state index >= 15 is 0 Å². The Morgan fingerprint density at radius 1 is 1.39 bits per heavy atom. The Kier molecular flexibility index (Phi) is 3.33. The van der Waals surface area contributed by atoms with E-state index in [9.17, 15) is 13.2 Å². The number of rotatable bonds is 1. The summed E-state index contributed by atoms with van der Waals surface area (Å²) in [5, 5.41) is 0. The van der Waals surface area contributed by atoms with Crippen LogP contribution in [-0.2, 0) is 0 Å². The summed E-state index contributed by atoms with van der Waals surface area (Å²) in [6, 6.07) is 0. The van der Waals surface area contributed by atoms with E-state index in [4.69, 9.17) is 4.42 Å². The number of allylic oxidation sites excluding steroid dienone is 4. The zero-order valence-electron chi connectivity index (χ0n) is 9.75. The van der Waals surface area contributed by atoms with Gasteiger partial charge in [-0.3, -0.25) is 0 Å². The summed E-state index contributed by atoms with van der Waals surface area (Å²) >= 11 is 1.95. The van der Waals surface area contributed by atoms with Gasteiger partial charge >= 0.3 is 6.18 Å².